The second-order valence-electron chi connectivity index (χ2n) is 8.83. The van der Waals surface area contributed by atoms with E-state index in [2.05, 4.69) is 5.32 Å². The van der Waals surface area contributed by atoms with Crippen molar-refractivity contribution in [2.75, 3.05) is 25.0 Å². The lowest BCUT2D eigenvalue weighted by Gasteiger charge is -2.29. The number of carbonyl (C=O) groups excluding carboxylic acids is 2. The van der Waals surface area contributed by atoms with E-state index in [1.54, 1.807) is 40.5 Å². The maximum absolute atomic E-state index is 14.2. The minimum atomic E-state index is -0.571. The SMILES string of the molecule is Cc1ccsc1CN(Cc1ccc(F)cc1)C(=O)CN(CC1CCCO1)C(=O)Nc1ccccc1F. The molecule has 0 aliphatic carbocycles. The van der Waals surface area contributed by atoms with Crippen LogP contribution in [-0.2, 0) is 22.6 Å². The van der Waals surface area contributed by atoms with Gasteiger partial charge in [0.1, 0.15) is 18.2 Å². The van der Waals surface area contributed by atoms with Gasteiger partial charge in [-0.3, -0.25) is 4.79 Å². The topological polar surface area (TPSA) is 61.9 Å². The average Bonchev–Trinajstić information content (AvgIpc) is 3.52. The third-order valence-corrected chi connectivity index (χ3v) is 7.13. The summed E-state index contributed by atoms with van der Waals surface area (Å²) >= 11 is 1.55. The lowest BCUT2D eigenvalue weighted by atomic mass is 10.2. The molecule has 0 bridgehead atoms. The molecule has 1 N–H and O–H groups in total. The summed E-state index contributed by atoms with van der Waals surface area (Å²) in [6.07, 6.45) is 1.48. The first-order valence-electron chi connectivity index (χ1n) is 11.9. The Morgan fingerprint density at radius 2 is 1.83 bits per heavy atom. The number of carbonyl (C=O) groups is 2. The monoisotopic (exact) mass is 513 g/mol. The number of hydrogen-bond acceptors (Lipinski definition) is 4. The lowest BCUT2D eigenvalue weighted by Crippen LogP contribution is -2.47. The number of ether oxygens (including phenoxy) is 1. The lowest BCUT2D eigenvalue weighted by molar-refractivity contribution is -0.133. The van der Waals surface area contributed by atoms with Crippen molar-refractivity contribution in [2.24, 2.45) is 0 Å². The number of para-hydroxylation sites is 1. The number of amides is 3. The molecule has 1 fully saturated rings. The Morgan fingerprint density at radius 1 is 1.06 bits per heavy atom. The highest BCUT2D eigenvalue weighted by Crippen LogP contribution is 2.21. The van der Waals surface area contributed by atoms with Crippen LogP contribution >= 0.6 is 11.3 Å². The standard InChI is InChI=1S/C27H29F2N3O3S/c1-19-12-14-36-25(19)17-31(15-20-8-10-21(28)11-9-20)26(33)18-32(16-22-5-4-13-35-22)27(34)30-24-7-3-2-6-23(24)29/h2-3,6-12,14,22H,4-5,13,15-18H2,1H3,(H,30,34). The fraction of sp³-hybridized carbons (Fsp3) is 0.333. The molecule has 2 aromatic carbocycles. The molecule has 1 unspecified atom stereocenters. The summed E-state index contributed by atoms with van der Waals surface area (Å²) in [5.74, 6) is -1.17. The van der Waals surface area contributed by atoms with E-state index in [1.807, 2.05) is 18.4 Å². The smallest absolute Gasteiger partial charge is 0.322 e. The number of nitrogens with one attached hydrogen (secondary N) is 1. The molecule has 6 nitrogen and oxygen atoms in total. The molecule has 1 atom stereocenters. The van der Waals surface area contributed by atoms with Crippen molar-refractivity contribution in [1.82, 2.24) is 9.80 Å². The molecule has 4 rings (SSSR count). The van der Waals surface area contributed by atoms with Crippen LogP contribution in [0.15, 0.2) is 60.0 Å². The summed E-state index contributed by atoms with van der Waals surface area (Å²) in [5, 5.41) is 4.55. The van der Waals surface area contributed by atoms with Gasteiger partial charge in [0.25, 0.3) is 0 Å². The van der Waals surface area contributed by atoms with Crippen LogP contribution in [0.3, 0.4) is 0 Å². The van der Waals surface area contributed by atoms with E-state index in [0.29, 0.717) is 13.2 Å². The fourth-order valence-electron chi connectivity index (χ4n) is 4.06. The maximum Gasteiger partial charge on any atom is 0.322 e. The van der Waals surface area contributed by atoms with Crippen molar-refractivity contribution in [2.45, 2.75) is 39.0 Å². The summed E-state index contributed by atoms with van der Waals surface area (Å²) < 4.78 is 33.3. The van der Waals surface area contributed by atoms with Gasteiger partial charge in [0.2, 0.25) is 5.91 Å². The molecule has 0 radical (unpaired) electrons. The van der Waals surface area contributed by atoms with Crippen LogP contribution in [0.25, 0.3) is 0 Å². The molecule has 1 aromatic heterocycles. The van der Waals surface area contributed by atoms with Crippen LogP contribution < -0.4 is 5.32 Å². The van der Waals surface area contributed by atoms with Crippen molar-refractivity contribution in [1.29, 1.82) is 0 Å². The van der Waals surface area contributed by atoms with E-state index in [9.17, 15) is 18.4 Å². The minimum absolute atomic E-state index is 0.0460. The second-order valence-corrected chi connectivity index (χ2v) is 9.83. The predicted octanol–water partition coefficient (Wildman–Crippen LogP) is 5.58. The highest BCUT2D eigenvalue weighted by molar-refractivity contribution is 7.10. The van der Waals surface area contributed by atoms with Gasteiger partial charge >= 0.3 is 6.03 Å². The largest absolute Gasteiger partial charge is 0.376 e. The molecule has 2 heterocycles. The van der Waals surface area contributed by atoms with Crippen molar-refractivity contribution in [3.8, 4) is 0 Å². The Morgan fingerprint density at radius 3 is 2.50 bits per heavy atom. The van der Waals surface area contributed by atoms with E-state index in [0.717, 1.165) is 28.8 Å². The van der Waals surface area contributed by atoms with Crippen molar-refractivity contribution in [3.63, 3.8) is 0 Å². The number of nitrogens with zero attached hydrogens (tertiary/aromatic N) is 2. The van der Waals surface area contributed by atoms with E-state index >= 15 is 0 Å². The minimum Gasteiger partial charge on any atom is -0.376 e. The number of benzene rings is 2. The number of halogens is 2. The molecule has 3 aromatic rings. The number of thiophene rings is 1. The molecular formula is C27H29F2N3O3S. The van der Waals surface area contributed by atoms with Crippen LogP contribution in [0.2, 0.25) is 0 Å². The molecule has 9 heteroatoms. The molecule has 1 aliphatic heterocycles. The highest BCUT2D eigenvalue weighted by atomic mass is 32.1. The molecular weight excluding hydrogens is 484 g/mol. The summed E-state index contributed by atoms with van der Waals surface area (Å²) in [6, 6.07) is 13.3. The molecule has 36 heavy (non-hydrogen) atoms. The van der Waals surface area contributed by atoms with Gasteiger partial charge in [-0.2, -0.15) is 0 Å². The summed E-state index contributed by atoms with van der Waals surface area (Å²) in [5.41, 5.74) is 1.90. The quantitative estimate of drug-likeness (QED) is 0.407. The molecule has 1 saturated heterocycles. The zero-order valence-electron chi connectivity index (χ0n) is 20.1. The predicted molar refractivity (Wildman–Crippen MR) is 136 cm³/mol. The summed E-state index contributed by atoms with van der Waals surface area (Å²) in [6.45, 7) is 3.23. The molecule has 0 saturated carbocycles. The number of anilines is 1. The van der Waals surface area contributed by atoms with Gasteiger partial charge in [0.05, 0.1) is 18.3 Å². The Bertz CT molecular complexity index is 1180. The number of hydrogen-bond donors (Lipinski definition) is 1. The Hall–Kier alpha value is -3.30. The molecule has 1 aliphatic rings. The van der Waals surface area contributed by atoms with Crippen LogP contribution in [0.4, 0.5) is 19.3 Å². The Balaban J connectivity index is 1.53. The molecule has 3 amide bonds. The highest BCUT2D eigenvalue weighted by Gasteiger charge is 2.27. The average molecular weight is 514 g/mol. The van der Waals surface area contributed by atoms with Gasteiger partial charge in [0, 0.05) is 24.6 Å². The van der Waals surface area contributed by atoms with Crippen molar-refractivity contribution in [3.05, 3.63) is 87.6 Å². The number of rotatable bonds is 9. The van der Waals surface area contributed by atoms with Gasteiger partial charge < -0.3 is 19.9 Å². The normalized spacial score (nSPS) is 15.0. The van der Waals surface area contributed by atoms with Crippen molar-refractivity contribution < 1.29 is 23.1 Å². The van der Waals surface area contributed by atoms with Crippen LogP contribution in [0.5, 0.6) is 0 Å². The summed E-state index contributed by atoms with van der Waals surface area (Å²) in [7, 11) is 0. The van der Waals surface area contributed by atoms with E-state index < -0.39 is 11.8 Å². The number of urea groups is 1. The zero-order valence-corrected chi connectivity index (χ0v) is 20.9. The molecule has 190 valence electrons. The first-order chi connectivity index (χ1) is 17.4. The third kappa shape index (κ3) is 6.89. The first-order valence-corrected chi connectivity index (χ1v) is 12.7. The van der Waals surface area contributed by atoms with E-state index in [4.69, 9.17) is 4.74 Å². The summed E-state index contributed by atoms with van der Waals surface area (Å²) in [4.78, 5) is 30.8. The third-order valence-electron chi connectivity index (χ3n) is 6.12. The van der Waals surface area contributed by atoms with Crippen LogP contribution in [-0.4, -0.2) is 47.5 Å². The molecule has 0 spiro atoms. The first kappa shape index (κ1) is 25.8. The number of aryl methyl sites for hydroxylation is 1. The Labute approximate surface area is 213 Å². The Kier molecular flexibility index (Phi) is 8.66. The fourth-order valence-corrected chi connectivity index (χ4v) is 4.98. The van der Waals surface area contributed by atoms with Crippen LogP contribution in [0.1, 0.15) is 28.8 Å². The van der Waals surface area contributed by atoms with Gasteiger partial charge in [0.15, 0.2) is 0 Å². The van der Waals surface area contributed by atoms with Gasteiger partial charge in [-0.25, -0.2) is 13.6 Å². The van der Waals surface area contributed by atoms with Gasteiger partial charge in [-0.15, -0.1) is 11.3 Å². The van der Waals surface area contributed by atoms with Gasteiger partial charge in [-0.1, -0.05) is 24.3 Å². The van der Waals surface area contributed by atoms with E-state index in [-0.39, 0.29) is 43.2 Å². The second kappa shape index (κ2) is 12.1. The van der Waals surface area contributed by atoms with Crippen molar-refractivity contribution >= 4 is 29.0 Å². The van der Waals surface area contributed by atoms with E-state index in [1.165, 1.54) is 29.2 Å². The van der Waals surface area contributed by atoms with Crippen LogP contribution in [0, 0.1) is 18.6 Å². The zero-order chi connectivity index (χ0) is 25.5. The van der Waals surface area contributed by atoms with Gasteiger partial charge in [-0.05, 0) is 66.6 Å². The maximum atomic E-state index is 14.2.